The molecule has 1 aliphatic rings. The maximum atomic E-state index is 12.6. The molecule has 0 radical (unpaired) electrons. The molecule has 0 bridgehead atoms. The van der Waals surface area contributed by atoms with E-state index in [1.54, 1.807) is 11.3 Å². The number of thiophene rings is 1. The number of fused-ring (bicyclic) bond motifs is 1. The number of nitrogens with one attached hydrogen (secondary N) is 2. The van der Waals surface area contributed by atoms with Crippen LogP contribution in [0.1, 0.15) is 47.0 Å². The molecule has 4 nitrogen and oxygen atoms in total. The number of carbonyl (C=O) groups is 1. The highest BCUT2D eigenvalue weighted by atomic mass is 79.9. The number of halogens is 2. The summed E-state index contributed by atoms with van der Waals surface area (Å²) in [5.41, 5.74) is 2.63. The van der Waals surface area contributed by atoms with Gasteiger partial charge in [-0.05, 0) is 84.5 Å². The van der Waals surface area contributed by atoms with Gasteiger partial charge in [0.25, 0.3) is 0 Å². The van der Waals surface area contributed by atoms with Crippen molar-refractivity contribution in [3.05, 3.63) is 43.1 Å². The summed E-state index contributed by atoms with van der Waals surface area (Å²) in [7, 11) is 0. The molecule has 27 heavy (non-hydrogen) atoms. The van der Waals surface area contributed by atoms with Crippen LogP contribution in [0.4, 0.5) is 10.7 Å². The first-order valence-corrected chi connectivity index (χ1v) is 11.7. The van der Waals surface area contributed by atoms with E-state index in [-0.39, 0.29) is 5.97 Å². The van der Waals surface area contributed by atoms with Crippen LogP contribution < -0.4 is 10.6 Å². The van der Waals surface area contributed by atoms with E-state index < -0.39 is 0 Å². The van der Waals surface area contributed by atoms with Crippen molar-refractivity contribution in [2.24, 2.45) is 0 Å². The van der Waals surface area contributed by atoms with Gasteiger partial charge in [0.1, 0.15) is 5.00 Å². The van der Waals surface area contributed by atoms with Gasteiger partial charge in [-0.15, -0.1) is 11.3 Å². The Morgan fingerprint density at radius 1 is 1.22 bits per heavy atom. The number of carbonyl (C=O) groups excluding carboxylic acids is 1. The summed E-state index contributed by atoms with van der Waals surface area (Å²) in [6, 6.07) is 5.81. The molecule has 0 fully saturated rings. The highest BCUT2D eigenvalue weighted by molar-refractivity contribution is 9.11. The van der Waals surface area contributed by atoms with Crippen LogP contribution >= 0.6 is 55.4 Å². The lowest BCUT2D eigenvalue weighted by Crippen LogP contribution is -2.20. The Morgan fingerprint density at radius 3 is 2.74 bits per heavy atom. The number of anilines is 2. The van der Waals surface area contributed by atoms with Gasteiger partial charge in [-0.2, -0.15) is 0 Å². The van der Waals surface area contributed by atoms with Crippen molar-refractivity contribution in [1.29, 1.82) is 0 Å². The molecule has 0 spiro atoms. The molecule has 1 aliphatic carbocycles. The van der Waals surface area contributed by atoms with Gasteiger partial charge in [0.05, 0.1) is 17.9 Å². The molecule has 0 saturated carbocycles. The average Bonchev–Trinajstić information content (AvgIpc) is 2.78. The van der Waals surface area contributed by atoms with E-state index >= 15 is 0 Å². The molecule has 0 saturated heterocycles. The van der Waals surface area contributed by atoms with Crippen LogP contribution in [-0.2, 0) is 17.6 Å². The number of aryl methyl sites for hydroxylation is 1. The van der Waals surface area contributed by atoms with E-state index in [1.807, 2.05) is 25.1 Å². The van der Waals surface area contributed by atoms with E-state index in [9.17, 15) is 4.79 Å². The lowest BCUT2D eigenvalue weighted by molar-refractivity contribution is 0.0527. The lowest BCUT2D eigenvalue weighted by atomic mass is 10.1. The van der Waals surface area contributed by atoms with E-state index in [0.29, 0.717) is 17.3 Å². The van der Waals surface area contributed by atoms with Crippen molar-refractivity contribution >= 4 is 77.2 Å². The van der Waals surface area contributed by atoms with E-state index in [4.69, 9.17) is 17.0 Å². The predicted molar refractivity (Wildman–Crippen MR) is 123 cm³/mol. The molecule has 2 aromatic rings. The fourth-order valence-electron chi connectivity index (χ4n) is 3.10. The van der Waals surface area contributed by atoms with E-state index in [2.05, 4.69) is 42.5 Å². The van der Waals surface area contributed by atoms with Gasteiger partial charge in [0.2, 0.25) is 0 Å². The second-order valence-electron chi connectivity index (χ2n) is 6.19. The minimum atomic E-state index is -0.271. The Balaban J connectivity index is 1.84. The third kappa shape index (κ3) is 5.10. The van der Waals surface area contributed by atoms with Crippen LogP contribution in [0.25, 0.3) is 0 Å². The number of ether oxygens (including phenoxy) is 1. The van der Waals surface area contributed by atoms with Crippen LogP contribution in [0.2, 0.25) is 0 Å². The maximum Gasteiger partial charge on any atom is 0.341 e. The molecule has 0 atom stereocenters. The Hall–Kier alpha value is -0.960. The second kappa shape index (κ2) is 9.49. The lowest BCUT2D eigenvalue weighted by Gasteiger charge is -2.13. The number of thiocarbonyl (C=S) groups is 1. The normalized spacial score (nSPS) is 13.4. The third-order valence-electron chi connectivity index (χ3n) is 4.31. The Labute approximate surface area is 185 Å². The topological polar surface area (TPSA) is 50.4 Å². The molecular weight excluding hydrogens is 512 g/mol. The number of rotatable bonds is 4. The van der Waals surface area contributed by atoms with Gasteiger partial charge < -0.3 is 15.4 Å². The molecule has 3 rings (SSSR count). The molecule has 1 heterocycles. The molecule has 1 aromatic carbocycles. The highest BCUT2D eigenvalue weighted by Crippen LogP contribution is 2.38. The van der Waals surface area contributed by atoms with Crippen LogP contribution in [0.3, 0.4) is 0 Å². The number of benzene rings is 1. The first kappa shape index (κ1) is 20.8. The second-order valence-corrected chi connectivity index (χ2v) is 9.48. The summed E-state index contributed by atoms with van der Waals surface area (Å²) in [6.07, 6.45) is 5.38. The molecule has 0 amide bonds. The average molecular weight is 532 g/mol. The quantitative estimate of drug-likeness (QED) is 0.267. The summed E-state index contributed by atoms with van der Waals surface area (Å²) in [4.78, 5) is 13.9. The summed E-state index contributed by atoms with van der Waals surface area (Å²) < 4.78 is 7.19. The molecule has 8 heteroatoms. The summed E-state index contributed by atoms with van der Waals surface area (Å²) in [5.74, 6) is -0.271. The molecular formula is C19H20Br2N2O2S2. The van der Waals surface area contributed by atoms with Gasteiger partial charge in [-0.3, -0.25) is 0 Å². The molecule has 1 aromatic heterocycles. The monoisotopic (exact) mass is 530 g/mol. The minimum absolute atomic E-state index is 0.271. The number of hydrogen-bond donors (Lipinski definition) is 2. The van der Waals surface area contributed by atoms with Crippen molar-refractivity contribution in [3.63, 3.8) is 0 Å². The van der Waals surface area contributed by atoms with Gasteiger partial charge in [-0.25, -0.2) is 4.79 Å². The van der Waals surface area contributed by atoms with Crippen molar-refractivity contribution in [1.82, 2.24) is 0 Å². The van der Waals surface area contributed by atoms with Crippen LogP contribution in [0, 0.1) is 0 Å². The summed E-state index contributed by atoms with van der Waals surface area (Å²) in [6.45, 7) is 2.19. The van der Waals surface area contributed by atoms with Crippen LogP contribution in [-0.4, -0.2) is 17.7 Å². The zero-order valence-electron chi connectivity index (χ0n) is 14.9. The predicted octanol–water partition coefficient (Wildman–Crippen LogP) is 6.53. The number of esters is 1. The molecule has 2 N–H and O–H groups in total. The van der Waals surface area contributed by atoms with E-state index in [0.717, 1.165) is 50.9 Å². The Bertz CT molecular complexity index is 868. The SMILES string of the molecule is CCOC(=O)c1c(NC(=S)Nc2ccc(Br)cc2Br)sc2c1CCCCC2. The fourth-order valence-corrected chi connectivity index (χ4v) is 5.80. The first-order chi connectivity index (χ1) is 13.0. The first-order valence-electron chi connectivity index (χ1n) is 8.84. The standard InChI is InChI=1S/C19H20Br2N2O2S2/c1-2-25-18(24)16-12-6-4-3-5-7-15(12)27-17(16)23-19(26)22-14-9-8-11(20)10-13(14)21/h8-10H,2-7H2,1H3,(H2,22,23,26). The van der Waals surface area contributed by atoms with Crippen molar-refractivity contribution in [3.8, 4) is 0 Å². The zero-order chi connectivity index (χ0) is 19.4. The van der Waals surface area contributed by atoms with Crippen molar-refractivity contribution in [2.45, 2.75) is 39.0 Å². The molecule has 144 valence electrons. The van der Waals surface area contributed by atoms with Gasteiger partial charge in [0.15, 0.2) is 5.11 Å². The van der Waals surface area contributed by atoms with E-state index in [1.165, 1.54) is 11.3 Å². The van der Waals surface area contributed by atoms with Crippen molar-refractivity contribution < 1.29 is 9.53 Å². The summed E-state index contributed by atoms with van der Waals surface area (Å²) >= 11 is 14.1. The zero-order valence-corrected chi connectivity index (χ0v) is 19.7. The van der Waals surface area contributed by atoms with Gasteiger partial charge in [-0.1, -0.05) is 22.4 Å². The van der Waals surface area contributed by atoms with Gasteiger partial charge >= 0.3 is 5.97 Å². The smallest absolute Gasteiger partial charge is 0.341 e. The number of hydrogen-bond acceptors (Lipinski definition) is 4. The molecule has 0 aliphatic heterocycles. The molecule has 0 unspecified atom stereocenters. The largest absolute Gasteiger partial charge is 0.462 e. The minimum Gasteiger partial charge on any atom is -0.462 e. The highest BCUT2D eigenvalue weighted by Gasteiger charge is 2.26. The van der Waals surface area contributed by atoms with Gasteiger partial charge in [0, 0.05) is 13.8 Å². The summed E-state index contributed by atoms with van der Waals surface area (Å²) in [5, 5.41) is 7.62. The third-order valence-corrected chi connectivity index (χ3v) is 6.87. The Kier molecular flexibility index (Phi) is 7.30. The maximum absolute atomic E-state index is 12.6. The fraction of sp³-hybridized carbons (Fsp3) is 0.368. The van der Waals surface area contributed by atoms with Crippen LogP contribution in [0.15, 0.2) is 27.1 Å². The Morgan fingerprint density at radius 2 is 2.00 bits per heavy atom. The van der Waals surface area contributed by atoms with Crippen LogP contribution in [0.5, 0.6) is 0 Å². The van der Waals surface area contributed by atoms with Crippen molar-refractivity contribution in [2.75, 3.05) is 17.2 Å².